The number of hydrogen-bond donors (Lipinski definition) is 1. The number of halogens is 1. The molecule has 1 N–H and O–H groups in total. The van der Waals surface area contributed by atoms with Crippen LogP contribution in [0.5, 0.6) is 0 Å². The van der Waals surface area contributed by atoms with Gasteiger partial charge in [0.25, 0.3) is 0 Å². The summed E-state index contributed by atoms with van der Waals surface area (Å²) in [6, 6.07) is 12.8. The van der Waals surface area contributed by atoms with Crippen LogP contribution < -0.4 is 0 Å². The first-order valence-corrected chi connectivity index (χ1v) is 10.2. The van der Waals surface area contributed by atoms with Crippen LogP contribution >= 0.6 is 11.6 Å². The smallest absolute Gasteiger partial charge is 0.335 e. The number of ketones is 1. The molecule has 4 nitrogen and oxygen atoms in total. The zero-order chi connectivity index (χ0) is 20.1. The van der Waals surface area contributed by atoms with Gasteiger partial charge in [-0.1, -0.05) is 37.6 Å². The van der Waals surface area contributed by atoms with Crippen LogP contribution in [0.25, 0.3) is 5.52 Å². The summed E-state index contributed by atoms with van der Waals surface area (Å²) in [5, 5.41) is 9.25. The van der Waals surface area contributed by atoms with Gasteiger partial charge >= 0.3 is 5.97 Å². The van der Waals surface area contributed by atoms with Gasteiger partial charge in [0.2, 0.25) is 5.78 Å². The molecular formula is C23H24ClNO3. The van der Waals surface area contributed by atoms with Crippen molar-refractivity contribution in [2.75, 3.05) is 5.88 Å². The second kappa shape index (κ2) is 9.07. The maximum absolute atomic E-state index is 13.3. The van der Waals surface area contributed by atoms with E-state index in [-0.39, 0.29) is 11.3 Å². The molecule has 0 aliphatic carbocycles. The second-order valence-electron chi connectivity index (χ2n) is 6.96. The highest BCUT2D eigenvalue weighted by Crippen LogP contribution is 2.23. The summed E-state index contributed by atoms with van der Waals surface area (Å²) >= 11 is 5.75. The van der Waals surface area contributed by atoms with Crippen molar-refractivity contribution in [3.8, 4) is 0 Å². The summed E-state index contributed by atoms with van der Waals surface area (Å²) in [5.41, 5.74) is 4.32. The van der Waals surface area contributed by atoms with Gasteiger partial charge in [-0.15, -0.1) is 11.6 Å². The minimum absolute atomic E-state index is 0.0435. The number of benzene rings is 1. The number of carboxylic acid groups (broad SMARTS) is 1. The molecule has 0 spiro atoms. The topological polar surface area (TPSA) is 58.8 Å². The average Bonchev–Trinajstić information content (AvgIpc) is 3.07. The van der Waals surface area contributed by atoms with E-state index in [0.717, 1.165) is 48.7 Å². The monoisotopic (exact) mass is 397 g/mol. The van der Waals surface area contributed by atoms with E-state index in [1.165, 1.54) is 6.07 Å². The molecular weight excluding hydrogens is 374 g/mol. The first-order valence-electron chi connectivity index (χ1n) is 9.62. The van der Waals surface area contributed by atoms with Gasteiger partial charge in [-0.3, -0.25) is 4.79 Å². The molecule has 3 rings (SSSR count). The van der Waals surface area contributed by atoms with Gasteiger partial charge < -0.3 is 9.51 Å². The standard InChI is InChI=1S/C23H24ClNO3/c1-2-3-6-18-14-20-15-19(23(27)28)11-13-25(20)21(18)22(26)17-9-7-16(8-10-17)5-4-12-24/h7-11,13-15H,2-6,12H2,1H3,(H,27,28). The lowest BCUT2D eigenvalue weighted by atomic mass is 10.00. The Morgan fingerprint density at radius 3 is 2.39 bits per heavy atom. The van der Waals surface area contributed by atoms with E-state index in [1.54, 1.807) is 16.7 Å². The van der Waals surface area contributed by atoms with Crippen molar-refractivity contribution in [3.63, 3.8) is 0 Å². The number of hydrogen-bond acceptors (Lipinski definition) is 2. The predicted molar refractivity (Wildman–Crippen MR) is 112 cm³/mol. The van der Waals surface area contributed by atoms with Crippen LogP contribution in [0, 0.1) is 0 Å². The van der Waals surface area contributed by atoms with Crippen molar-refractivity contribution >= 4 is 28.9 Å². The lowest BCUT2D eigenvalue weighted by molar-refractivity contribution is 0.0696. The Kier molecular flexibility index (Phi) is 6.53. The first-order chi connectivity index (χ1) is 13.5. The predicted octanol–water partition coefficient (Wildman–Crippen LogP) is 5.38. The summed E-state index contributed by atoms with van der Waals surface area (Å²) in [6.45, 7) is 2.11. The Labute approximate surface area is 169 Å². The number of pyridine rings is 1. The van der Waals surface area contributed by atoms with Crippen molar-refractivity contribution < 1.29 is 14.7 Å². The third kappa shape index (κ3) is 4.28. The van der Waals surface area contributed by atoms with E-state index in [2.05, 4.69) is 6.92 Å². The minimum Gasteiger partial charge on any atom is -0.478 e. The molecule has 0 unspecified atom stereocenters. The Balaban J connectivity index is 2.01. The van der Waals surface area contributed by atoms with Crippen LogP contribution in [-0.4, -0.2) is 27.1 Å². The van der Waals surface area contributed by atoms with E-state index < -0.39 is 5.97 Å². The molecule has 0 fully saturated rings. The summed E-state index contributed by atoms with van der Waals surface area (Å²) in [6.07, 6.45) is 6.26. The highest BCUT2D eigenvalue weighted by molar-refractivity contribution is 6.17. The molecule has 0 radical (unpaired) electrons. The molecule has 1 aromatic carbocycles. The molecule has 0 aliphatic heterocycles. The number of aromatic nitrogens is 1. The van der Waals surface area contributed by atoms with Crippen LogP contribution in [0.1, 0.15) is 63.7 Å². The molecule has 2 aromatic heterocycles. The number of nitrogens with zero attached hydrogens (tertiary/aromatic N) is 1. The van der Waals surface area contributed by atoms with E-state index in [1.807, 2.05) is 30.3 Å². The second-order valence-corrected chi connectivity index (χ2v) is 7.33. The number of carbonyl (C=O) groups excluding carboxylic acids is 1. The van der Waals surface area contributed by atoms with Crippen LogP contribution in [-0.2, 0) is 12.8 Å². The first kappa shape index (κ1) is 20.2. The molecule has 0 atom stereocenters. The zero-order valence-electron chi connectivity index (χ0n) is 16.0. The van der Waals surface area contributed by atoms with Gasteiger partial charge in [-0.2, -0.15) is 0 Å². The van der Waals surface area contributed by atoms with E-state index >= 15 is 0 Å². The number of fused-ring (bicyclic) bond motifs is 1. The highest BCUT2D eigenvalue weighted by atomic mass is 35.5. The summed E-state index contributed by atoms with van der Waals surface area (Å²) < 4.78 is 1.81. The Morgan fingerprint density at radius 1 is 1.00 bits per heavy atom. The third-order valence-electron chi connectivity index (χ3n) is 4.93. The lowest BCUT2D eigenvalue weighted by Crippen LogP contribution is -2.09. The number of alkyl halides is 1. The quantitative estimate of drug-likeness (QED) is 0.389. The normalized spacial score (nSPS) is 11.1. The third-order valence-corrected chi connectivity index (χ3v) is 5.20. The Morgan fingerprint density at radius 2 is 1.75 bits per heavy atom. The number of carboxylic acids is 1. The SMILES string of the molecule is CCCCc1cc2cc(C(=O)O)ccn2c1C(=O)c1ccc(CCCCl)cc1. The van der Waals surface area contributed by atoms with Gasteiger partial charge in [0.15, 0.2) is 0 Å². The van der Waals surface area contributed by atoms with Crippen molar-refractivity contribution in [2.24, 2.45) is 0 Å². The Bertz CT molecular complexity index is 989. The van der Waals surface area contributed by atoms with E-state index in [9.17, 15) is 14.7 Å². The maximum Gasteiger partial charge on any atom is 0.335 e. The fraction of sp³-hybridized carbons (Fsp3) is 0.304. The number of unbranched alkanes of at least 4 members (excludes halogenated alkanes) is 1. The van der Waals surface area contributed by atoms with Crippen LogP contribution in [0.2, 0.25) is 0 Å². The maximum atomic E-state index is 13.3. The van der Waals surface area contributed by atoms with Crippen LogP contribution in [0.15, 0.2) is 48.7 Å². The van der Waals surface area contributed by atoms with Crippen molar-refractivity contribution in [1.29, 1.82) is 0 Å². The molecule has 3 aromatic rings. The van der Waals surface area contributed by atoms with Crippen molar-refractivity contribution in [1.82, 2.24) is 4.40 Å². The van der Waals surface area contributed by atoms with Gasteiger partial charge in [-0.05, 0) is 55.0 Å². The summed E-state index contributed by atoms with van der Waals surface area (Å²) in [5.74, 6) is -0.395. The average molecular weight is 398 g/mol. The molecule has 0 amide bonds. The summed E-state index contributed by atoms with van der Waals surface area (Å²) in [4.78, 5) is 24.6. The molecule has 0 saturated carbocycles. The van der Waals surface area contributed by atoms with Crippen molar-refractivity contribution in [3.05, 3.63) is 76.6 Å². The molecule has 5 heteroatoms. The minimum atomic E-state index is -0.973. The number of aromatic carboxylic acids is 1. The van der Waals surface area contributed by atoms with E-state index in [0.29, 0.717) is 17.1 Å². The summed E-state index contributed by atoms with van der Waals surface area (Å²) in [7, 11) is 0. The van der Waals surface area contributed by atoms with Crippen LogP contribution in [0.4, 0.5) is 0 Å². The van der Waals surface area contributed by atoms with Crippen LogP contribution in [0.3, 0.4) is 0 Å². The van der Waals surface area contributed by atoms with Gasteiger partial charge in [0.05, 0.1) is 11.3 Å². The fourth-order valence-electron chi connectivity index (χ4n) is 3.41. The van der Waals surface area contributed by atoms with Gasteiger partial charge in [0.1, 0.15) is 0 Å². The zero-order valence-corrected chi connectivity index (χ0v) is 16.7. The fourth-order valence-corrected chi connectivity index (χ4v) is 3.54. The number of rotatable bonds is 9. The van der Waals surface area contributed by atoms with Gasteiger partial charge in [-0.25, -0.2) is 4.79 Å². The van der Waals surface area contributed by atoms with Gasteiger partial charge in [0, 0.05) is 23.2 Å². The molecule has 146 valence electrons. The molecule has 28 heavy (non-hydrogen) atoms. The lowest BCUT2D eigenvalue weighted by Gasteiger charge is -2.08. The number of aryl methyl sites for hydroxylation is 2. The molecule has 0 aliphatic rings. The number of carbonyl (C=O) groups is 2. The molecule has 0 saturated heterocycles. The van der Waals surface area contributed by atoms with Crippen molar-refractivity contribution in [2.45, 2.75) is 39.0 Å². The highest BCUT2D eigenvalue weighted by Gasteiger charge is 2.20. The largest absolute Gasteiger partial charge is 0.478 e. The molecule has 2 heterocycles. The molecule has 0 bridgehead atoms. The Hall–Kier alpha value is -2.59. The van der Waals surface area contributed by atoms with E-state index in [4.69, 9.17) is 11.6 Å².